The van der Waals surface area contributed by atoms with Gasteiger partial charge in [0.2, 0.25) is 5.91 Å². The van der Waals surface area contributed by atoms with E-state index in [1.807, 2.05) is 0 Å². The van der Waals surface area contributed by atoms with Crippen LogP contribution in [-0.4, -0.2) is 24.2 Å². The maximum absolute atomic E-state index is 12.5. The largest absolute Gasteiger partial charge is 0.484 e. The molecule has 0 aliphatic rings. The van der Waals surface area contributed by atoms with Gasteiger partial charge in [0, 0.05) is 34.4 Å². The number of anilines is 2. The topological polar surface area (TPSA) is 84.5 Å². The molecule has 0 bridgehead atoms. The Bertz CT molecular complexity index is 1050. The Morgan fingerprint density at radius 1 is 0.767 bits per heavy atom. The van der Waals surface area contributed by atoms with Crippen LogP contribution in [0.2, 0.25) is 5.02 Å². The fraction of sp³-hybridized carbons (Fsp3) is 0.0870. The van der Waals surface area contributed by atoms with Crippen molar-refractivity contribution in [2.75, 3.05) is 17.2 Å². The first kappa shape index (κ1) is 21.1. The van der Waals surface area contributed by atoms with E-state index in [0.29, 0.717) is 33.3 Å². The van der Waals surface area contributed by atoms with Crippen molar-refractivity contribution >= 4 is 40.6 Å². The zero-order valence-corrected chi connectivity index (χ0v) is 16.9. The third-order valence-corrected chi connectivity index (χ3v) is 4.33. The van der Waals surface area contributed by atoms with Crippen molar-refractivity contribution in [1.82, 2.24) is 0 Å². The third kappa shape index (κ3) is 5.93. The molecule has 0 saturated carbocycles. The molecule has 152 valence electrons. The van der Waals surface area contributed by atoms with Crippen molar-refractivity contribution in [3.63, 3.8) is 0 Å². The van der Waals surface area contributed by atoms with Gasteiger partial charge in [-0.25, -0.2) is 0 Å². The molecule has 0 heterocycles. The van der Waals surface area contributed by atoms with Gasteiger partial charge in [-0.1, -0.05) is 11.6 Å². The summed E-state index contributed by atoms with van der Waals surface area (Å²) in [6.45, 7) is 1.24. The predicted octanol–water partition coefficient (Wildman–Crippen LogP) is 4.55. The minimum atomic E-state index is -0.330. The standard InChI is InChI=1S/C23H19ClN2O4/c1-15(27)25-19-8-10-20(11-9-19)26-22(28)14-30-21-12-4-17(5-13-21)23(29)16-2-6-18(24)7-3-16/h2-13H,14H2,1H3,(H,25,27)(H,26,28). The summed E-state index contributed by atoms with van der Waals surface area (Å²) in [6, 6.07) is 20.0. The molecule has 0 atom stereocenters. The van der Waals surface area contributed by atoms with Gasteiger partial charge in [0.25, 0.3) is 5.91 Å². The fourth-order valence-corrected chi connectivity index (χ4v) is 2.78. The molecule has 0 fully saturated rings. The maximum Gasteiger partial charge on any atom is 0.262 e. The molecule has 7 heteroatoms. The van der Waals surface area contributed by atoms with Crippen LogP contribution in [0.4, 0.5) is 11.4 Å². The van der Waals surface area contributed by atoms with E-state index in [1.165, 1.54) is 6.92 Å². The SMILES string of the molecule is CC(=O)Nc1ccc(NC(=O)COc2ccc(C(=O)c3ccc(Cl)cc3)cc2)cc1. The molecule has 0 unspecified atom stereocenters. The van der Waals surface area contributed by atoms with Crippen molar-refractivity contribution in [2.24, 2.45) is 0 Å². The summed E-state index contributed by atoms with van der Waals surface area (Å²) in [5.74, 6) is -0.151. The highest BCUT2D eigenvalue weighted by Crippen LogP contribution is 2.18. The number of carbonyl (C=O) groups is 3. The molecule has 2 amide bonds. The first-order chi connectivity index (χ1) is 14.4. The lowest BCUT2D eigenvalue weighted by Crippen LogP contribution is -2.20. The molecule has 0 saturated heterocycles. The summed E-state index contributed by atoms with van der Waals surface area (Å²) >= 11 is 5.84. The van der Waals surface area contributed by atoms with Gasteiger partial charge >= 0.3 is 0 Å². The predicted molar refractivity (Wildman–Crippen MR) is 116 cm³/mol. The molecule has 2 N–H and O–H groups in total. The van der Waals surface area contributed by atoms with Crippen molar-refractivity contribution in [1.29, 1.82) is 0 Å². The molecule has 3 aromatic rings. The maximum atomic E-state index is 12.5. The number of nitrogens with one attached hydrogen (secondary N) is 2. The minimum absolute atomic E-state index is 0.126. The number of carbonyl (C=O) groups excluding carboxylic acids is 3. The number of hydrogen-bond donors (Lipinski definition) is 2. The van der Waals surface area contributed by atoms with Crippen molar-refractivity contribution < 1.29 is 19.1 Å². The molecule has 0 radical (unpaired) electrons. The lowest BCUT2D eigenvalue weighted by Gasteiger charge is -2.09. The zero-order valence-electron chi connectivity index (χ0n) is 16.1. The van der Waals surface area contributed by atoms with Gasteiger partial charge in [0.05, 0.1) is 0 Å². The van der Waals surface area contributed by atoms with Crippen LogP contribution in [0.1, 0.15) is 22.8 Å². The van der Waals surface area contributed by atoms with Crippen LogP contribution in [0.15, 0.2) is 72.8 Å². The Labute approximate surface area is 178 Å². The second-order valence-corrected chi connectivity index (χ2v) is 6.89. The molecule has 3 rings (SSSR count). The number of amides is 2. The average Bonchev–Trinajstić information content (AvgIpc) is 2.74. The van der Waals surface area contributed by atoms with Crippen molar-refractivity contribution in [3.8, 4) is 5.75 Å². The van der Waals surface area contributed by atoms with E-state index in [0.717, 1.165) is 0 Å². The van der Waals surface area contributed by atoms with E-state index in [9.17, 15) is 14.4 Å². The van der Waals surface area contributed by atoms with Crippen molar-refractivity contribution in [3.05, 3.63) is 88.9 Å². The summed E-state index contributed by atoms with van der Waals surface area (Å²) < 4.78 is 5.47. The second kappa shape index (κ2) is 9.71. The summed E-state index contributed by atoms with van der Waals surface area (Å²) in [5, 5.41) is 5.92. The first-order valence-corrected chi connectivity index (χ1v) is 9.49. The quantitative estimate of drug-likeness (QED) is 0.547. The minimum Gasteiger partial charge on any atom is -0.484 e. The van der Waals surface area contributed by atoms with E-state index in [1.54, 1.807) is 72.8 Å². The Balaban J connectivity index is 1.52. The zero-order chi connectivity index (χ0) is 21.5. The van der Waals surface area contributed by atoms with Crippen LogP contribution in [0.25, 0.3) is 0 Å². The lowest BCUT2D eigenvalue weighted by molar-refractivity contribution is -0.118. The highest BCUT2D eigenvalue weighted by Gasteiger charge is 2.10. The monoisotopic (exact) mass is 422 g/mol. The summed E-state index contributed by atoms with van der Waals surface area (Å²) in [4.78, 5) is 35.5. The third-order valence-electron chi connectivity index (χ3n) is 4.08. The molecule has 0 aromatic heterocycles. The van der Waals surface area contributed by atoms with E-state index in [-0.39, 0.29) is 24.2 Å². The first-order valence-electron chi connectivity index (χ1n) is 9.11. The molecule has 3 aromatic carbocycles. The Morgan fingerprint density at radius 3 is 1.80 bits per heavy atom. The fourth-order valence-electron chi connectivity index (χ4n) is 2.66. The molecular formula is C23H19ClN2O4. The van der Waals surface area contributed by atoms with Crippen LogP contribution in [-0.2, 0) is 9.59 Å². The Morgan fingerprint density at radius 2 is 1.27 bits per heavy atom. The van der Waals surface area contributed by atoms with Crippen molar-refractivity contribution in [2.45, 2.75) is 6.92 Å². The van der Waals surface area contributed by atoms with Gasteiger partial charge in [-0.2, -0.15) is 0 Å². The number of ketones is 1. The second-order valence-electron chi connectivity index (χ2n) is 6.46. The highest BCUT2D eigenvalue weighted by molar-refractivity contribution is 6.30. The van der Waals surface area contributed by atoms with Crippen LogP contribution in [0.5, 0.6) is 5.75 Å². The van der Waals surface area contributed by atoms with Gasteiger partial charge in [-0.15, -0.1) is 0 Å². The van der Waals surface area contributed by atoms with Gasteiger partial charge in [0.1, 0.15) is 5.75 Å². The van der Waals surface area contributed by atoms with Gasteiger partial charge in [-0.05, 0) is 72.8 Å². The Kier molecular flexibility index (Phi) is 6.83. The number of hydrogen-bond acceptors (Lipinski definition) is 4. The molecule has 0 spiro atoms. The van der Waals surface area contributed by atoms with Gasteiger partial charge in [-0.3, -0.25) is 14.4 Å². The van der Waals surface area contributed by atoms with Crippen LogP contribution in [0.3, 0.4) is 0 Å². The van der Waals surface area contributed by atoms with Crippen LogP contribution >= 0.6 is 11.6 Å². The summed E-state index contributed by atoms with van der Waals surface area (Å²) in [6.07, 6.45) is 0. The summed E-state index contributed by atoms with van der Waals surface area (Å²) in [5.41, 5.74) is 2.27. The number of rotatable bonds is 7. The molecule has 30 heavy (non-hydrogen) atoms. The molecule has 0 aliphatic carbocycles. The van der Waals surface area contributed by atoms with E-state index < -0.39 is 0 Å². The van der Waals surface area contributed by atoms with E-state index in [4.69, 9.17) is 16.3 Å². The average molecular weight is 423 g/mol. The molecule has 0 aliphatic heterocycles. The van der Waals surface area contributed by atoms with Crippen LogP contribution < -0.4 is 15.4 Å². The van der Waals surface area contributed by atoms with E-state index in [2.05, 4.69) is 10.6 Å². The Hall–Kier alpha value is -3.64. The van der Waals surface area contributed by atoms with Gasteiger partial charge in [0.15, 0.2) is 12.4 Å². The number of benzene rings is 3. The van der Waals surface area contributed by atoms with Crippen LogP contribution in [0, 0.1) is 0 Å². The lowest BCUT2D eigenvalue weighted by atomic mass is 10.0. The normalized spacial score (nSPS) is 10.2. The van der Waals surface area contributed by atoms with E-state index >= 15 is 0 Å². The van der Waals surface area contributed by atoms with Gasteiger partial charge < -0.3 is 15.4 Å². The highest BCUT2D eigenvalue weighted by atomic mass is 35.5. The summed E-state index contributed by atoms with van der Waals surface area (Å²) in [7, 11) is 0. The molecular weight excluding hydrogens is 404 g/mol. The number of halogens is 1. The molecule has 6 nitrogen and oxygen atoms in total. The number of ether oxygens (including phenoxy) is 1. The smallest absolute Gasteiger partial charge is 0.262 e.